The maximum atomic E-state index is 3.64. The molecule has 0 radical (unpaired) electrons. The van der Waals surface area contributed by atoms with E-state index in [2.05, 4.69) is 122 Å². The fraction of sp³-hybridized carbons (Fsp3) is 0.143. The minimum atomic E-state index is -1.76. The molecule has 5 rings (SSSR count). The van der Waals surface area contributed by atoms with Crippen LogP contribution in [0.5, 0.6) is 0 Å². The van der Waals surface area contributed by atoms with Gasteiger partial charge in [-0.3, -0.25) is 0 Å². The van der Waals surface area contributed by atoms with Gasteiger partial charge in [0.05, 0.1) is 19.2 Å². The summed E-state index contributed by atoms with van der Waals surface area (Å²) in [6.07, 6.45) is 0. The number of fused-ring (bicyclic) bond motifs is 3. The molecule has 162 valence electrons. The van der Waals surface area contributed by atoms with Crippen LogP contribution in [0.1, 0.15) is 9.75 Å². The molecule has 0 amide bonds. The topological polar surface area (TPSA) is 0 Å². The van der Waals surface area contributed by atoms with Gasteiger partial charge in [-0.25, -0.2) is 0 Å². The Morgan fingerprint density at radius 1 is 0.545 bits per heavy atom. The van der Waals surface area contributed by atoms with Crippen LogP contribution in [-0.4, -0.2) is 16.1 Å². The molecule has 0 unspecified atom stereocenters. The molecule has 0 aliphatic heterocycles. The monoisotopic (exact) mass is 512 g/mol. The lowest BCUT2D eigenvalue weighted by molar-refractivity contribution is 1.72. The highest BCUT2D eigenvalue weighted by molar-refractivity contribution is 7.38. The van der Waals surface area contributed by atoms with Gasteiger partial charge < -0.3 is 0 Å². The van der Waals surface area contributed by atoms with Crippen molar-refractivity contribution >= 4 is 79.3 Å². The zero-order valence-electron chi connectivity index (χ0n) is 19.2. The average molecular weight is 513 g/mol. The summed E-state index contributed by atoms with van der Waals surface area (Å²) in [5.74, 6) is 7.03. The molecule has 2 aromatic carbocycles. The van der Waals surface area contributed by atoms with Gasteiger partial charge >= 0.3 is 0 Å². The van der Waals surface area contributed by atoms with E-state index in [4.69, 9.17) is 0 Å². The van der Waals surface area contributed by atoms with Gasteiger partial charge in [0.25, 0.3) is 0 Å². The van der Waals surface area contributed by atoms with E-state index < -0.39 is 16.1 Å². The molecule has 0 aliphatic rings. The third-order valence-electron chi connectivity index (χ3n) is 5.81. The van der Waals surface area contributed by atoms with Crippen molar-refractivity contribution in [1.29, 1.82) is 0 Å². The Balaban J connectivity index is 1.44. The lowest BCUT2D eigenvalue weighted by Crippen LogP contribution is -2.39. The van der Waals surface area contributed by atoms with E-state index in [0.29, 0.717) is 0 Å². The molecule has 0 saturated carbocycles. The van der Waals surface area contributed by atoms with E-state index in [-0.39, 0.29) is 0 Å². The second-order valence-electron chi connectivity index (χ2n) is 9.19. The molecule has 0 fully saturated rings. The standard InChI is InChI=1S/C28H24S3Si2/c1-32(2,23-11-7-5-8-12-23)17-15-21-19-25-27(29-21)28-26(31-25)20-22(30-28)16-18-33(3,4)24-13-9-6-10-14-24/h5-14,19-20H,1-4H3. The van der Waals surface area contributed by atoms with Gasteiger partial charge in [0, 0.05) is 9.40 Å². The van der Waals surface area contributed by atoms with E-state index in [0.717, 1.165) is 0 Å². The second kappa shape index (κ2) is 8.76. The molecule has 0 spiro atoms. The van der Waals surface area contributed by atoms with Crippen LogP contribution in [0, 0.1) is 22.9 Å². The van der Waals surface area contributed by atoms with Gasteiger partial charge in [-0.15, -0.1) is 45.1 Å². The minimum absolute atomic E-state index is 1.17. The lowest BCUT2D eigenvalue weighted by Gasteiger charge is -2.14. The maximum Gasteiger partial charge on any atom is 0.163 e. The van der Waals surface area contributed by atoms with Crippen LogP contribution in [-0.2, 0) is 0 Å². The first kappa shape index (κ1) is 22.4. The molecule has 3 heterocycles. The maximum absolute atomic E-state index is 3.64. The molecular formula is C28H24S3Si2. The van der Waals surface area contributed by atoms with Crippen molar-refractivity contribution in [3.63, 3.8) is 0 Å². The SMILES string of the molecule is C[Si](C)(C#Cc1cc2sc3cc(C#C[Si](C)(C)c4ccccc4)sc3c2s1)c1ccccc1. The zero-order chi connectivity index (χ0) is 23.1. The molecule has 0 aliphatic carbocycles. The summed E-state index contributed by atoms with van der Waals surface area (Å²) < 4.78 is 5.44. The van der Waals surface area contributed by atoms with Crippen LogP contribution < -0.4 is 10.4 Å². The van der Waals surface area contributed by atoms with Crippen LogP contribution >= 0.6 is 34.0 Å². The number of benzene rings is 2. The molecule has 0 N–H and O–H groups in total. The van der Waals surface area contributed by atoms with Crippen LogP contribution in [0.25, 0.3) is 18.8 Å². The first-order valence-electron chi connectivity index (χ1n) is 11.0. The Morgan fingerprint density at radius 2 is 0.939 bits per heavy atom. The molecule has 0 atom stereocenters. The second-order valence-corrected chi connectivity index (χ2v) is 20.5. The molecule has 5 aromatic rings. The van der Waals surface area contributed by atoms with Gasteiger partial charge in [-0.1, -0.05) is 98.7 Å². The van der Waals surface area contributed by atoms with E-state index >= 15 is 0 Å². The lowest BCUT2D eigenvalue weighted by atomic mass is 10.4. The predicted octanol–water partition coefficient (Wildman–Crippen LogP) is 7.19. The van der Waals surface area contributed by atoms with E-state index in [1.165, 1.54) is 38.9 Å². The van der Waals surface area contributed by atoms with Crippen LogP contribution in [0.2, 0.25) is 26.2 Å². The Bertz CT molecular complexity index is 1440. The predicted molar refractivity (Wildman–Crippen MR) is 156 cm³/mol. The van der Waals surface area contributed by atoms with Gasteiger partial charge in [-0.2, -0.15) is 0 Å². The Labute approximate surface area is 210 Å². The minimum Gasteiger partial charge on any atom is -0.133 e. The summed E-state index contributed by atoms with van der Waals surface area (Å²) >= 11 is 5.54. The molecule has 33 heavy (non-hydrogen) atoms. The zero-order valence-corrected chi connectivity index (χ0v) is 23.6. The van der Waals surface area contributed by atoms with Crippen LogP contribution in [0.15, 0.2) is 72.8 Å². The molecule has 3 aromatic heterocycles. The first-order chi connectivity index (χ1) is 15.8. The van der Waals surface area contributed by atoms with Gasteiger partial charge in [0.15, 0.2) is 16.1 Å². The largest absolute Gasteiger partial charge is 0.163 e. The molecule has 5 heteroatoms. The fourth-order valence-electron chi connectivity index (χ4n) is 3.75. The summed E-state index contributed by atoms with van der Waals surface area (Å²) in [5.41, 5.74) is 7.28. The fourth-order valence-corrected chi connectivity index (χ4v) is 10.9. The van der Waals surface area contributed by atoms with E-state index in [1.54, 1.807) is 0 Å². The normalized spacial score (nSPS) is 11.8. The highest BCUT2D eigenvalue weighted by atomic mass is 32.1. The van der Waals surface area contributed by atoms with Crippen molar-refractivity contribution in [3.8, 4) is 22.9 Å². The third kappa shape index (κ3) is 4.66. The van der Waals surface area contributed by atoms with Gasteiger partial charge in [0.2, 0.25) is 0 Å². The quantitative estimate of drug-likeness (QED) is 0.173. The summed E-state index contributed by atoms with van der Waals surface area (Å²) in [6, 6.07) is 26.0. The van der Waals surface area contributed by atoms with Gasteiger partial charge in [-0.05, 0) is 22.5 Å². The number of rotatable bonds is 2. The number of hydrogen-bond acceptors (Lipinski definition) is 3. The smallest absolute Gasteiger partial charge is 0.133 e. The average Bonchev–Trinajstić information content (AvgIpc) is 3.48. The van der Waals surface area contributed by atoms with Crippen molar-refractivity contribution in [1.82, 2.24) is 0 Å². The van der Waals surface area contributed by atoms with Crippen molar-refractivity contribution in [2.24, 2.45) is 0 Å². The van der Waals surface area contributed by atoms with Crippen LogP contribution in [0.4, 0.5) is 0 Å². The Kier molecular flexibility index (Phi) is 5.95. The Morgan fingerprint density at radius 3 is 1.33 bits per heavy atom. The van der Waals surface area contributed by atoms with Crippen molar-refractivity contribution < 1.29 is 0 Å². The molecular weight excluding hydrogens is 489 g/mol. The summed E-state index contributed by atoms with van der Waals surface area (Å²) in [5, 5.41) is 2.78. The number of hydrogen-bond donors (Lipinski definition) is 0. The van der Waals surface area contributed by atoms with Crippen molar-refractivity contribution in [3.05, 3.63) is 82.6 Å². The number of thiophene rings is 3. The highest BCUT2D eigenvalue weighted by Crippen LogP contribution is 2.43. The van der Waals surface area contributed by atoms with E-state index in [9.17, 15) is 0 Å². The van der Waals surface area contributed by atoms with E-state index in [1.807, 2.05) is 34.0 Å². The van der Waals surface area contributed by atoms with Gasteiger partial charge in [0.1, 0.15) is 0 Å². The molecule has 0 bridgehead atoms. The molecule has 0 nitrogen and oxygen atoms in total. The van der Waals surface area contributed by atoms with Crippen LogP contribution in [0.3, 0.4) is 0 Å². The van der Waals surface area contributed by atoms with Crippen molar-refractivity contribution in [2.75, 3.05) is 0 Å². The summed E-state index contributed by atoms with van der Waals surface area (Å²) in [4.78, 5) is 2.35. The molecule has 0 saturated heterocycles. The van der Waals surface area contributed by atoms with Crippen molar-refractivity contribution in [2.45, 2.75) is 26.2 Å². The Hall–Kier alpha value is -2.39. The summed E-state index contributed by atoms with van der Waals surface area (Å²) in [6.45, 7) is 9.31. The first-order valence-corrected chi connectivity index (χ1v) is 19.4. The summed E-state index contributed by atoms with van der Waals surface area (Å²) in [7, 11) is -3.52. The third-order valence-corrected chi connectivity index (χ3v) is 14.5. The highest BCUT2D eigenvalue weighted by Gasteiger charge is 2.21.